The predicted molar refractivity (Wildman–Crippen MR) is 77.3 cm³/mol. The van der Waals surface area contributed by atoms with Gasteiger partial charge in [0.25, 0.3) is 0 Å². The van der Waals surface area contributed by atoms with Crippen molar-refractivity contribution in [3.05, 3.63) is 23.8 Å². The highest BCUT2D eigenvalue weighted by Crippen LogP contribution is 2.28. The van der Waals surface area contributed by atoms with Gasteiger partial charge in [0.2, 0.25) is 0 Å². The topological polar surface area (TPSA) is 67.8 Å². The maximum absolute atomic E-state index is 10.8. The predicted octanol–water partition coefficient (Wildman–Crippen LogP) is 2.44. The lowest BCUT2D eigenvalue weighted by atomic mass is 10.2. The van der Waals surface area contributed by atoms with E-state index in [0.29, 0.717) is 25.5 Å². The summed E-state index contributed by atoms with van der Waals surface area (Å²) in [6, 6.07) is 5.08. The Hall–Kier alpha value is -1.75. The molecule has 112 valence electrons. The van der Waals surface area contributed by atoms with Crippen molar-refractivity contribution in [2.24, 2.45) is 0 Å². The van der Waals surface area contributed by atoms with Crippen molar-refractivity contribution in [1.29, 1.82) is 0 Å². The first-order valence-electron chi connectivity index (χ1n) is 6.93. The molecular formula is C15H23NO4. The minimum absolute atomic E-state index is 0.474. The van der Waals surface area contributed by atoms with Gasteiger partial charge in [0, 0.05) is 6.54 Å². The molecule has 0 unspecified atom stereocenters. The Morgan fingerprint density at radius 1 is 1.30 bits per heavy atom. The molecule has 0 aliphatic carbocycles. The SMILES string of the molecule is CCCOc1ccc(CN[C@@H](C)C(=O)O)cc1OCC. The van der Waals surface area contributed by atoms with Crippen LogP contribution in [0.4, 0.5) is 0 Å². The second kappa shape index (κ2) is 8.43. The van der Waals surface area contributed by atoms with Crippen molar-refractivity contribution >= 4 is 5.97 Å². The third-order valence-corrected chi connectivity index (χ3v) is 2.75. The molecule has 0 aliphatic heterocycles. The molecule has 5 heteroatoms. The average molecular weight is 281 g/mol. The number of hydrogen-bond donors (Lipinski definition) is 2. The van der Waals surface area contributed by atoms with Gasteiger partial charge < -0.3 is 19.9 Å². The van der Waals surface area contributed by atoms with Gasteiger partial charge in [-0.05, 0) is 38.0 Å². The Kier molecular flexibility index (Phi) is 6.87. The van der Waals surface area contributed by atoms with E-state index >= 15 is 0 Å². The van der Waals surface area contributed by atoms with Gasteiger partial charge in [-0.15, -0.1) is 0 Å². The number of carboxylic acid groups (broad SMARTS) is 1. The number of carbonyl (C=O) groups is 1. The lowest BCUT2D eigenvalue weighted by Gasteiger charge is -2.14. The molecule has 0 aromatic heterocycles. The van der Waals surface area contributed by atoms with Crippen LogP contribution in [0, 0.1) is 0 Å². The molecule has 2 N–H and O–H groups in total. The fourth-order valence-electron chi connectivity index (χ4n) is 1.62. The lowest BCUT2D eigenvalue weighted by molar-refractivity contribution is -0.139. The molecule has 1 aromatic carbocycles. The molecule has 0 fully saturated rings. The molecule has 5 nitrogen and oxygen atoms in total. The number of rotatable bonds is 9. The standard InChI is InChI=1S/C15H23NO4/c1-4-8-20-13-7-6-12(9-14(13)19-5-2)10-16-11(3)15(17)18/h6-7,9,11,16H,4-5,8,10H2,1-3H3,(H,17,18)/t11-/m0/s1. The summed E-state index contributed by atoms with van der Waals surface area (Å²) in [7, 11) is 0. The number of hydrogen-bond acceptors (Lipinski definition) is 4. The quantitative estimate of drug-likeness (QED) is 0.727. The van der Waals surface area contributed by atoms with E-state index in [9.17, 15) is 4.79 Å². The van der Waals surface area contributed by atoms with Crippen LogP contribution >= 0.6 is 0 Å². The summed E-state index contributed by atoms with van der Waals surface area (Å²) in [5.74, 6) is 0.560. The first-order valence-corrected chi connectivity index (χ1v) is 6.93. The lowest BCUT2D eigenvalue weighted by Crippen LogP contribution is -2.33. The van der Waals surface area contributed by atoms with Gasteiger partial charge in [0.15, 0.2) is 11.5 Å². The normalized spacial score (nSPS) is 11.9. The number of carboxylic acids is 1. The van der Waals surface area contributed by atoms with Crippen molar-refractivity contribution in [2.75, 3.05) is 13.2 Å². The van der Waals surface area contributed by atoms with Crippen LogP contribution in [0.15, 0.2) is 18.2 Å². The molecular weight excluding hydrogens is 258 g/mol. The highest BCUT2D eigenvalue weighted by Gasteiger charge is 2.11. The maximum Gasteiger partial charge on any atom is 0.320 e. The second-order valence-electron chi connectivity index (χ2n) is 4.50. The third-order valence-electron chi connectivity index (χ3n) is 2.75. The highest BCUT2D eigenvalue weighted by molar-refractivity contribution is 5.72. The third kappa shape index (κ3) is 5.09. The van der Waals surface area contributed by atoms with Gasteiger partial charge in [-0.25, -0.2) is 0 Å². The Morgan fingerprint density at radius 3 is 2.65 bits per heavy atom. The minimum atomic E-state index is -0.863. The van der Waals surface area contributed by atoms with Crippen LogP contribution in [0.25, 0.3) is 0 Å². The van der Waals surface area contributed by atoms with Crippen molar-refractivity contribution in [3.8, 4) is 11.5 Å². The van der Waals surface area contributed by atoms with Crippen molar-refractivity contribution in [2.45, 2.75) is 39.8 Å². The monoisotopic (exact) mass is 281 g/mol. The van der Waals surface area contributed by atoms with Crippen LogP contribution in [0.3, 0.4) is 0 Å². The second-order valence-corrected chi connectivity index (χ2v) is 4.50. The fourth-order valence-corrected chi connectivity index (χ4v) is 1.62. The number of ether oxygens (including phenoxy) is 2. The summed E-state index contributed by atoms with van der Waals surface area (Å²) in [5.41, 5.74) is 0.963. The maximum atomic E-state index is 10.8. The summed E-state index contributed by atoms with van der Waals surface area (Å²) in [4.78, 5) is 10.8. The van der Waals surface area contributed by atoms with Gasteiger partial charge >= 0.3 is 5.97 Å². The van der Waals surface area contributed by atoms with E-state index < -0.39 is 12.0 Å². The molecule has 20 heavy (non-hydrogen) atoms. The van der Waals surface area contributed by atoms with Crippen molar-refractivity contribution in [3.63, 3.8) is 0 Å². The Balaban J connectivity index is 2.73. The van der Waals surface area contributed by atoms with Gasteiger partial charge in [-0.3, -0.25) is 4.79 Å². The highest BCUT2D eigenvalue weighted by atomic mass is 16.5. The van der Waals surface area contributed by atoms with E-state index in [1.165, 1.54) is 0 Å². The molecule has 0 radical (unpaired) electrons. The summed E-state index contributed by atoms with van der Waals surface area (Å²) in [5, 5.41) is 11.8. The van der Waals surface area contributed by atoms with E-state index in [-0.39, 0.29) is 0 Å². The fraction of sp³-hybridized carbons (Fsp3) is 0.533. The molecule has 1 rings (SSSR count). The first kappa shape index (κ1) is 16.3. The number of aliphatic carboxylic acids is 1. The van der Waals surface area contributed by atoms with Crippen LogP contribution in [-0.2, 0) is 11.3 Å². The summed E-state index contributed by atoms with van der Waals surface area (Å²) in [6.07, 6.45) is 0.936. The smallest absolute Gasteiger partial charge is 0.320 e. The molecule has 0 saturated carbocycles. The number of benzene rings is 1. The van der Waals surface area contributed by atoms with E-state index in [2.05, 4.69) is 5.32 Å². The van der Waals surface area contributed by atoms with Crippen LogP contribution in [-0.4, -0.2) is 30.3 Å². The number of nitrogens with one attached hydrogen (secondary N) is 1. The molecule has 0 bridgehead atoms. The first-order chi connectivity index (χ1) is 9.58. The zero-order valence-electron chi connectivity index (χ0n) is 12.3. The van der Waals surface area contributed by atoms with Crippen molar-refractivity contribution in [1.82, 2.24) is 5.32 Å². The van der Waals surface area contributed by atoms with Gasteiger partial charge in [0.1, 0.15) is 6.04 Å². The summed E-state index contributed by atoms with van der Waals surface area (Å²) in [6.45, 7) is 7.26. The Bertz CT molecular complexity index is 434. The summed E-state index contributed by atoms with van der Waals surface area (Å²) >= 11 is 0. The molecule has 0 heterocycles. The van der Waals surface area contributed by atoms with E-state index in [1.807, 2.05) is 32.0 Å². The molecule has 0 spiro atoms. The molecule has 1 atom stereocenters. The molecule has 0 aliphatic rings. The Morgan fingerprint density at radius 2 is 2.05 bits per heavy atom. The largest absolute Gasteiger partial charge is 0.490 e. The van der Waals surface area contributed by atoms with Gasteiger partial charge in [-0.1, -0.05) is 13.0 Å². The molecule has 0 saturated heterocycles. The van der Waals surface area contributed by atoms with E-state index in [0.717, 1.165) is 17.7 Å². The van der Waals surface area contributed by atoms with E-state index in [4.69, 9.17) is 14.6 Å². The van der Waals surface area contributed by atoms with Crippen LogP contribution in [0.5, 0.6) is 11.5 Å². The zero-order chi connectivity index (χ0) is 15.0. The van der Waals surface area contributed by atoms with Crippen LogP contribution < -0.4 is 14.8 Å². The minimum Gasteiger partial charge on any atom is -0.490 e. The molecule has 0 amide bonds. The van der Waals surface area contributed by atoms with E-state index in [1.54, 1.807) is 6.92 Å². The van der Waals surface area contributed by atoms with Gasteiger partial charge in [-0.2, -0.15) is 0 Å². The zero-order valence-corrected chi connectivity index (χ0v) is 12.3. The van der Waals surface area contributed by atoms with Gasteiger partial charge in [0.05, 0.1) is 13.2 Å². The van der Waals surface area contributed by atoms with Crippen molar-refractivity contribution < 1.29 is 19.4 Å². The molecule has 1 aromatic rings. The van der Waals surface area contributed by atoms with Crippen LogP contribution in [0.1, 0.15) is 32.8 Å². The summed E-state index contributed by atoms with van der Waals surface area (Å²) < 4.78 is 11.2. The van der Waals surface area contributed by atoms with Crippen LogP contribution in [0.2, 0.25) is 0 Å². The average Bonchev–Trinajstić information content (AvgIpc) is 2.44. The Labute approximate surface area is 119 Å².